The molecule has 2 heterocycles. The second-order valence-corrected chi connectivity index (χ2v) is 5.35. The number of nitrogens with zero attached hydrogens (tertiary/aromatic N) is 3. The van der Waals surface area contributed by atoms with Crippen LogP contribution < -0.4 is 11.2 Å². The molecule has 1 aromatic carbocycles. The SMILES string of the molecule is Nn1cc(-c2ccccc2)nc1SCC(=O)Nc1ccon1. The van der Waals surface area contributed by atoms with Crippen LogP contribution in [-0.4, -0.2) is 26.5 Å². The van der Waals surface area contributed by atoms with Gasteiger partial charge in [0.2, 0.25) is 5.91 Å². The van der Waals surface area contributed by atoms with Crippen LogP contribution in [0.5, 0.6) is 0 Å². The van der Waals surface area contributed by atoms with Gasteiger partial charge in [-0.1, -0.05) is 47.3 Å². The molecule has 0 radical (unpaired) electrons. The number of nitrogens with two attached hydrogens (primary N) is 1. The van der Waals surface area contributed by atoms with Crippen LogP contribution in [0.4, 0.5) is 5.82 Å². The van der Waals surface area contributed by atoms with E-state index in [-0.39, 0.29) is 11.7 Å². The van der Waals surface area contributed by atoms with E-state index in [4.69, 9.17) is 5.84 Å². The molecule has 3 N–H and O–H groups in total. The standard InChI is InChI=1S/C14H13N5O2S/c15-19-8-11(10-4-2-1-3-5-10)16-14(19)22-9-13(20)17-12-6-7-21-18-12/h1-8H,9,15H2,(H,17,18,20). The summed E-state index contributed by atoms with van der Waals surface area (Å²) in [5.74, 6) is 6.23. The lowest BCUT2D eigenvalue weighted by atomic mass is 10.2. The molecule has 3 aromatic rings. The number of anilines is 1. The Labute approximate surface area is 130 Å². The zero-order valence-electron chi connectivity index (χ0n) is 11.5. The number of benzene rings is 1. The Morgan fingerprint density at radius 1 is 1.32 bits per heavy atom. The highest BCUT2D eigenvalue weighted by atomic mass is 32.2. The molecule has 0 spiro atoms. The van der Waals surface area contributed by atoms with Crippen LogP contribution >= 0.6 is 11.8 Å². The monoisotopic (exact) mass is 315 g/mol. The zero-order chi connectivity index (χ0) is 15.4. The van der Waals surface area contributed by atoms with E-state index in [1.807, 2.05) is 30.3 Å². The summed E-state index contributed by atoms with van der Waals surface area (Å²) < 4.78 is 6.05. The van der Waals surface area contributed by atoms with Crippen molar-refractivity contribution in [2.75, 3.05) is 16.9 Å². The van der Waals surface area contributed by atoms with Gasteiger partial charge in [-0.2, -0.15) is 0 Å². The lowest BCUT2D eigenvalue weighted by molar-refractivity contribution is -0.113. The van der Waals surface area contributed by atoms with Crippen molar-refractivity contribution < 1.29 is 9.32 Å². The lowest BCUT2D eigenvalue weighted by Crippen LogP contribution is -2.15. The number of nitrogen functional groups attached to an aromatic ring is 1. The maximum absolute atomic E-state index is 11.8. The van der Waals surface area contributed by atoms with Crippen LogP contribution in [0.2, 0.25) is 0 Å². The summed E-state index contributed by atoms with van der Waals surface area (Å²) in [6, 6.07) is 11.3. The Balaban J connectivity index is 1.63. The number of aromatic nitrogens is 3. The molecule has 3 rings (SSSR count). The maximum atomic E-state index is 11.8. The summed E-state index contributed by atoms with van der Waals surface area (Å²) in [6.07, 6.45) is 3.12. The molecule has 0 aliphatic rings. The van der Waals surface area contributed by atoms with Gasteiger partial charge in [0.1, 0.15) is 6.26 Å². The van der Waals surface area contributed by atoms with Crippen molar-refractivity contribution in [3.05, 3.63) is 48.9 Å². The van der Waals surface area contributed by atoms with Crippen LogP contribution in [0.15, 0.2) is 58.5 Å². The number of hydrogen-bond acceptors (Lipinski definition) is 6. The Kier molecular flexibility index (Phi) is 4.10. The normalized spacial score (nSPS) is 10.5. The van der Waals surface area contributed by atoms with Crippen LogP contribution in [0.25, 0.3) is 11.3 Å². The van der Waals surface area contributed by atoms with Gasteiger partial charge in [0.15, 0.2) is 11.0 Å². The smallest absolute Gasteiger partial charge is 0.236 e. The molecule has 0 atom stereocenters. The van der Waals surface area contributed by atoms with Gasteiger partial charge in [0.05, 0.1) is 17.6 Å². The quantitative estimate of drug-likeness (QED) is 0.552. The average molecular weight is 315 g/mol. The second-order valence-electron chi connectivity index (χ2n) is 4.40. The van der Waals surface area contributed by atoms with Crippen LogP contribution in [0.1, 0.15) is 0 Å². The maximum Gasteiger partial charge on any atom is 0.236 e. The first-order valence-electron chi connectivity index (χ1n) is 6.45. The predicted octanol–water partition coefficient (Wildman–Crippen LogP) is 1.98. The summed E-state index contributed by atoms with van der Waals surface area (Å²) in [7, 11) is 0. The van der Waals surface area contributed by atoms with E-state index in [0.29, 0.717) is 11.0 Å². The Hall–Kier alpha value is -2.74. The number of imidazole rings is 1. The highest BCUT2D eigenvalue weighted by molar-refractivity contribution is 7.99. The lowest BCUT2D eigenvalue weighted by Gasteiger charge is -2.01. The molecule has 0 aliphatic carbocycles. The number of nitrogens with one attached hydrogen (secondary N) is 1. The minimum atomic E-state index is -0.205. The van der Waals surface area contributed by atoms with Crippen molar-refractivity contribution in [3.63, 3.8) is 0 Å². The van der Waals surface area contributed by atoms with Crippen LogP contribution in [-0.2, 0) is 4.79 Å². The molecule has 2 aromatic heterocycles. The number of carbonyl (C=O) groups excluding carboxylic acids is 1. The largest absolute Gasteiger partial charge is 0.363 e. The Morgan fingerprint density at radius 3 is 2.86 bits per heavy atom. The molecule has 22 heavy (non-hydrogen) atoms. The minimum Gasteiger partial charge on any atom is -0.363 e. The van der Waals surface area contributed by atoms with E-state index < -0.39 is 0 Å². The third kappa shape index (κ3) is 3.29. The fourth-order valence-electron chi connectivity index (χ4n) is 1.82. The number of carbonyl (C=O) groups is 1. The van der Waals surface area contributed by atoms with Crippen molar-refractivity contribution in [1.29, 1.82) is 0 Å². The summed E-state index contributed by atoms with van der Waals surface area (Å²) in [4.78, 5) is 16.2. The first-order valence-corrected chi connectivity index (χ1v) is 7.44. The number of amides is 1. The van der Waals surface area contributed by atoms with E-state index in [1.54, 1.807) is 12.3 Å². The molecule has 1 amide bonds. The van der Waals surface area contributed by atoms with Crippen molar-refractivity contribution in [2.24, 2.45) is 0 Å². The first-order chi connectivity index (χ1) is 10.7. The summed E-state index contributed by atoms with van der Waals surface area (Å²) in [5.41, 5.74) is 1.74. The van der Waals surface area contributed by atoms with Gasteiger partial charge in [-0.15, -0.1) is 0 Å². The molecule has 8 heteroatoms. The van der Waals surface area contributed by atoms with Crippen molar-refractivity contribution in [1.82, 2.24) is 14.8 Å². The highest BCUT2D eigenvalue weighted by Crippen LogP contribution is 2.22. The van der Waals surface area contributed by atoms with E-state index in [9.17, 15) is 4.79 Å². The van der Waals surface area contributed by atoms with Crippen molar-refractivity contribution in [3.8, 4) is 11.3 Å². The van der Waals surface area contributed by atoms with Crippen molar-refractivity contribution in [2.45, 2.75) is 5.16 Å². The zero-order valence-corrected chi connectivity index (χ0v) is 12.3. The fourth-order valence-corrected chi connectivity index (χ4v) is 2.51. The third-order valence-corrected chi connectivity index (χ3v) is 3.77. The van der Waals surface area contributed by atoms with Gasteiger partial charge in [-0.05, 0) is 0 Å². The molecule has 0 bridgehead atoms. The molecule has 0 saturated carbocycles. The molecular formula is C14H13N5O2S. The first kappa shape index (κ1) is 14.2. The topological polar surface area (TPSA) is 99.0 Å². The number of rotatable bonds is 5. The van der Waals surface area contributed by atoms with E-state index in [1.165, 1.54) is 22.7 Å². The second kappa shape index (κ2) is 6.35. The van der Waals surface area contributed by atoms with Crippen LogP contribution in [0, 0.1) is 0 Å². The summed E-state index contributed by atoms with van der Waals surface area (Å²) >= 11 is 1.25. The summed E-state index contributed by atoms with van der Waals surface area (Å²) in [6.45, 7) is 0. The number of hydrogen-bond donors (Lipinski definition) is 2. The van der Waals surface area contributed by atoms with Gasteiger partial charge in [-0.25, -0.2) is 9.66 Å². The Morgan fingerprint density at radius 2 is 2.14 bits per heavy atom. The van der Waals surface area contributed by atoms with Gasteiger partial charge in [0, 0.05) is 11.6 Å². The minimum absolute atomic E-state index is 0.176. The number of thioether (sulfide) groups is 1. The average Bonchev–Trinajstić information content (AvgIpc) is 3.16. The molecule has 0 fully saturated rings. The van der Waals surface area contributed by atoms with Gasteiger partial charge >= 0.3 is 0 Å². The van der Waals surface area contributed by atoms with Crippen LogP contribution in [0.3, 0.4) is 0 Å². The van der Waals surface area contributed by atoms with E-state index >= 15 is 0 Å². The summed E-state index contributed by atoms with van der Waals surface area (Å²) in [5, 5.41) is 6.78. The molecule has 7 nitrogen and oxygen atoms in total. The van der Waals surface area contributed by atoms with Gasteiger partial charge in [-0.3, -0.25) is 4.79 Å². The molecule has 0 unspecified atom stereocenters. The van der Waals surface area contributed by atoms with Gasteiger partial charge < -0.3 is 15.7 Å². The third-order valence-electron chi connectivity index (χ3n) is 2.81. The molecule has 0 saturated heterocycles. The Bertz CT molecular complexity index is 755. The molecular weight excluding hydrogens is 302 g/mol. The molecule has 0 aliphatic heterocycles. The molecule has 112 valence electrons. The fraction of sp³-hybridized carbons (Fsp3) is 0.0714. The van der Waals surface area contributed by atoms with E-state index in [2.05, 4.69) is 20.0 Å². The predicted molar refractivity (Wildman–Crippen MR) is 83.7 cm³/mol. The van der Waals surface area contributed by atoms with Crippen molar-refractivity contribution >= 4 is 23.5 Å². The van der Waals surface area contributed by atoms with E-state index in [0.717, 1.165) is 11.3 Å². The highest BCUT2D eigenvalue weighted by Gasteiger charge is 2.11. The van der Waals surface area contributed by atoms with Gasteiger partial charge in [0.25, 0.3) is 0 Å².